The number of nitrogens with zero attached hydrogens (tertiary/aromatic N) is 1. The third-order valence-electron chi connectivity index (χ3n) is 3.65. The van der Waals surface area contributed by atoms with Gasteiger partial charge in [0.05, 0.1) is 23.1 Å². The number of hydrogen-bond donors (Lipinski definition) is 2. The molecule has 0 aliphatic heterocycles. The molecule has 0 saturated heterocycles. The monoisotopic (exact) mass is 296 g/mol. The highest BCUT2D eigenvalue weighted by Gasteiger charge is 2.24. The maximum atomic E-state index is 13.3. The number of nitrogens with one attached hydrogen (secondary N) is 1. The summed E-state index contributed by atoms with van der Waals surface area (Å²) in [7, 11) is 0. The van der Waals surface area contributed by atoms with Gasteiger partial charge in [-0.3, -0.25) is 14.9 Å². The number of amides is 1. The Morgan fingerprint density at radius 2 is 2.00 bits per heavy atom. The Morgan fingerprint density at radius 3 is 2.71 bits per heavy atom. The van der Waals surface area contributed by atoms with Gasteiger partial charge in [0.25, 0.3) is 11.6 Å². The summed E-state index contributed by atoms with van der Waals surface area (Å²) in [6.45, 7) is 0. The van der Waals surface area contributed by atoms with Crippen LogP contribution in [-0.2, 0) is 0 Å². The molecule has 0 bridgehead atoms. The van der Waals surface area contributed by atoms with Crippen LogP contribution in [0.1, 0.15) is 42.5 Å². The van der Waals surface area contributed by atoms with Crippen molar-refractivity contribution in [2.75, 3.05) is 0 Å². The lowest BCUT2D eigenvalue weighted by Crippen LogP contribution is -2.42. The molecule has 0 aromatic heterocycles. The molecular weight excluding hydrogens is 279 g/mol. The zero-order chi connectivity index (χ0) is 15.4. The fourth-order valence-corrected chi connectivity index (χ4v) is 2.52. The highest BCUT2D eigenvalue weighted by Crippen LogP contribution is 2.20. The van der Waals surface area contributed by atoms with E-state index in [0.717, 1.165) is 37.5 Å². The SMILES string of the molecule is O=C(NC1CCCCCC1O)c1cc(F)cc([N+](=O)[O-])c1. The lowest BCUT2D eigenvalue weighted by atomic mass is 10.1. The second kappa shape index (κ2) is 6.62. The minimum absolute atomic E-state index is 0.113. The molecule has 1 fully saturated rings. The van der Waals surface area contributed by atoms with Crippen molar-refractivity contribution in [1.82, 2.24) is 5.32 Å². The molecule has 0 heterocycles. The van der Waals surface area contributed by atoms with Crippen LogP contribution in [0.3, 0.4) is 0 Å². The molecule has 2 rings (SSSR count). The molecule has 1 amide bonds. The average Bonchev–Trinajstić information content (AvgIpc) is 2.63. The van der Waals surface area contributed by atoms with Gasteiger partial charge in [0, 0.05) is 11.6 Å². The minimum Gasteiger partial charge on any atom is -0.391 e. The summed E-state index contributed by atoms with van der Waals surface area (Å²) in [6.07, 6.45) is 3.40. The van der Waals surface area contributed by atoms with Gasteiger partial charge in [0.1, 0.15) is 5.82 Å². The predicted molar refractivity (Wildman–Crippen MR) is 73.4 cm³/mol. The molecule has 0 spiro atoms. The van der Waals surface area contributed by atoms with E-state index in [9.17, 15) is 24.4 Å². The van der Waals surface area contributed by atoms with Gasteiger partial charge in [-0.25, -0.2) is 4.39 Å². The van der Waals surface area contributed by atoms with Crippen LogP contribution in [0.25, 0.3) is 0 Å². The Kier molecular flexibility index (Phi) is 4.85. The number of halogens is 1. The van der Waals surface area contributed by atoms with Gasteiger partial charge in [-0.05, 0) is 18.9 Å². The van der Waals surface area contributed by atoms with E-state index in [1.165, 1.54) is 0 Å². The number of nitro groups is 1. The van der Waals surface area contributed by atoms with Crippen LogP contribution in [0.5, 0.6) is 0 Å². The summed E-state index contributed by atoms with van der Waals surface area (Å²) < 4.78 is 13.3. The van der Waals surface area contributed by atoms with Crippen LogP contribution in [-0.4, -0.2) is 28.1 Å². The Morgan fingerprint density at radius 1 is 1.29 bits per heavy atom. The van der Waals surface area contributed by atoms with Crippen LogP contribution in [0.4, 0.5) is 10.1 Å². The summed E-state index contributed by atoms with van der Waals surface area (Å²) in [4.78, 5) is 22.0. The zero-order valence-electron chi connectivity index (χ0n) is 11.4. The Balaban J connectivity index is 2.14. The Bertz CT molecular complexity index is 550. The van der Waals surface area contributed by atoms with Crippen LogP contribution in [0, 0.1) is 15.9 Å². The van der Waals surface area contributed by atoms with Gasteiger partial charge < -0.3 is 10.4 Å². The number of hydrogen-bond acceptors (Lipinski definition) is 4. The molecule has 7 heteroatoms. The molecule has 2 N–H and O–H groups in total. The standard InChI is InChI=1S/C14H17FN2O4/c15-10-6-9(7-11(8-10)17(20)21)14(19)16-12-4-2-1-3-5-13(12)18/h6-8,12-13,18H,1-5H2,(H,16,19). The quantitative estimate of drug-likeness (QED) is 0.508. The molecule has 1 aliphatic rings. The van der Waals surface area contributed by atoms with Crippen molar-refractivity contribution in [3.8, 4) is 0 Å². The van der Waals surface area contributed by atoms with E-state index < -0.39 is 34.5 Å². The molecule has 21 heavy (non-hydrogen) atoms. The Hall–Kier alpha value is -2.02. The molecule has 1 aromatic carbocycles. The first-order valence-corrected chi connectivity index (χ1v) is 6.91. The van der Waals surface area contributed by atoms with Crippen molar-refractivity contribution in [2.45, 2.75) is 44.2 Å². The van der Waals surface area contributed by atoms with Crippen molar-refractivity contribution < 1.29 is 19.2 Å². The Labute approximate surface area is 121 Å². The topological polar surface area (TPSA) is 92.5 Å². The molecule has 0 radical (unpaired) electrons. The van der Waals surface area contributed by atoms with Gasteiger partial charge in [0.15, 0.2) is 0 Å². The number of benzene rings is 1. The first-order valence-electron chi connectivity index (χ1n) is 6.91. The van der Waals surface area contributed by atoms with Gasteiger partial charge >= 0.3 is 0 Å². The maximum absolute atomic E-state index is 13.3. The molecule has 1 saturated carbocycles. The van der Waals surface area contributed by atoms with E-state index >= 15 is 0 Å². The number of aliphatic hydroxyl groups excluding tert-OH is 1. The third kappa shape index (κ3) is 3.98. The number of carbonyl (C=O) groups excluding carboxylic acids is 1. The third-order valence-corrected chi connectivity index (χ3v) is 3.65. The number of nitro benzene ring substituents is 1. The normalized spacial score (nSPS) is 22.4. The van der Waals surface area contributed by atoms with Crippen molar-refractivity contribution in [3.05, 3.63) is 39.7 Å². The van der Waals surface area contributed by atoms with Gasteiger partial charge in [-0.2, -0.15) is 0 Å². The number of rotatable bonds is 3. The first kappa shape index (κ1) is 15.4. The molecule has 2 unspecified atom stereocenters. The number of non-ortho nitro benzene ring substituents is 1. The molecular formula is C14H17FN2O4. The summed E-state index contributed by atoms with van der Waals surface area (Å²) in [5.41, 5.74) is -0.584. The van der Waals surface area contributed by atoms with E-state index in [2.05, 4.69) is 5.32 Å². The van der Waals surface area contributed by atoms with Crippen LogP contribution >= 0.6 is 0 Å². The molecule has 114 valence electrons. The lowest BCUT2D eigenvalue weighted by molar-refractivity contribution is -0.385. The van der Waals surface area contributed by atoms with Crippen molar-refractivity contribution in [1.29, 1.82) is 0 Å². The number of aliphatic hydroxyl groups is 1. The summed E-state index contributed by atoms with van der Waals surface area (Å²) >= 11 is 0. The highest BCUT2D eigenvalue weighted by atomic mass is 19.1. The molecule has 6 nitrogen and oxygen atoms in total. The number of carbonyl (C=O) groups is 1. The van der Waals surface area contributed by atoms with Crippen LogP contribution in [0.2, 0.25) is 0 Å². The van der Waals surface area contributed by atoms with Gasteiger partial charge in [0.2, 0.25) is 0 Å². The first-order chi connectivity index (χ1) is 9.97. The van der Waals surface area contributed by atoms with Crippen LogP contribution in [0.15, 0.2) is 18.2 Å². The molecule has 1 aromatic rings. The van der Waals surface area contributed by atoms with E-state index in [0.29, 0.717) is 12.8 Å². The van der Waals surface area contributed by atoms with E-state index in [1.54, 1.807) is 0 Å². The second-order valence-electron chi connectivity index (χ2n) is 5.24. The van der Waals surface area contributed by atoms with Crippen LogP contribution < -0.4 is 5.32 Å². The van der Waals surface area contributed by atoms with Gasteiger partial charge in [-0.1, -0.05) is 19.3 Å². The summed E-state index contributed by atoms with van der Waals surface area (Å²) in [5.74, 6) is -1.45. The average molecular weight is 296 g/mol. The van der Waals surface area contributed by atoms with Crippen molar-refractivity contribution in [3.63, 3.8) is 0 Å². The lowest BCUT2D eigenvalue weighted by Gasteiger charge is -2.21. The van der Waals surface area contributed by atoms with Crippen molar-refractivity contribution in [2.24, 2.45) is 0 Å². The predicted octanol–water partition coefficient (Wildman–Crippen LogP) is 2.16. The fraction of sp³-hybridized carbons (Fsp3) is 0.500. The maximum Gasteiger partial charge on any atom is 0.273 e. The van der Waals surface area contributed by atoms with E-state index in [1.807, 2.05) is 0 Å². The summed E-state index contributed by atoms with van der Waals surface area (Å²) in [5, 5.41) is 23.3. The van der Waals surface area contributed by atoms with E-state index in [4.69, 9.17) is 0 Å². The highest BCUT2D eigenvalue weighted by molar-refractivity contribution is 5.95. The fourth-order valence-electron chi connectivity index (χ4n) is 2.52. The summed E-state index contributed by atoms with van der Waals surface area (Å²) in [6, 6.07) is 2.34. The second-order valence-corrected chi connectivity index (χ2v) is 5.24. The zero-order valence-corrected chi connectivity index (χ0v) is 11.4. The van der Waals surface area contributed by atoms with Crippen molar-refractivity contribution >= 4 is 11.6 Å². The largest absolute Gasteiger partial charge is 0.391 e. The van der Waals surface area contributed by atoms with E-state index in [-0.39, 0.29) is 5.56 Å². The molecule has 2 atom stereocenters. The molecule has 1 aliphatic carbocycles. The van der Waals surface area contributed by atoms with Gasteiger partial charge in [-0.15, -0.1) is 0 Å². The smallest absolute Gasteiger partial charge is 0.273 e. The minimum atomic E-state index is -0.837.